The number of hydrogen-bond donors (Lipinski definition) is 1. The molecule has 0 saturated carbocycles. The van der Waals surface area contributed by atoms with Crippen molar-refractivity contribution < 1.29 is 22.7 Å². The zero-order valence-corrected chi connectivity index (χ0v) is 20.6. The lowest BCUT2D eigenvalue weighted by Gasteiger charge is -2.34. The summed E-state index contributed by atoms with van der Waals surface area (Å²) in [6.07, 6.45) is 0. The minimum Gasteiger partial charge on any atom is -0.493 e. The lowest BCUT2D eigenvalue weighted by atomic mass is 10.1. The number of H-pyrrole nitrogens is 1. The molecule has 4 rings (SSSR count). The van der Waals surface area contributed by atoms with E-state index in [1.54, 1.807) is 6.07 Å². The Labute approximate surface area is 204 Å². The van der Waals surface area contributed by atoms with Gasteiger partial charge in [-0.05, 0) is 42.8 Å². The van der Waals surface area contributed by atoms with E-state index < -0.39 is 21.5 Å². The summed E-state index contributed by atoms with van der Waals surface area (Å²) in [7, 11) is -0.876. The van der Waals surface area contributed by atoms with E-state index in [1.165, 1.54) is 47.7 Å². The van der Waals surface area contributed by atoms with Gasteiger partial charge in [0, 0.05) is 37.9 Å². The number of hydrogen-bond acceptors (Lipinski definition) is 6. The summed E-state index contributed by atoms with van der Waals surface area (Å²) in [4.78, 5) is 30.0. The first-order chi connectivity index (χ1) is 16.7. The van der Waals surface area contributed by atoms with Gasteiger partial charge < -0.3 is 19.4 Å². The highest BCUT2D eigenvalue weighted by atomic mass is 32.2. The van der Waals surface area contributed by atoms with Crippen LogP contribution in [0.5, 0.6) is 11.5 Å². The fraction of sp³-hybridized carbons (Fsp3) is 0.280. The predicted molar refractivity (Wildman–Crippen MR) is 131 cm³/mol. The first-order valence-corrected chi connectivity index (χ1v) is 12.5. The quantitative estimate of drug-likeness (QED) is 0.561. The average molecular weight is 498 g/mol. The van der Waals surface area contributed by atoms with E-state index in [4.69, 9.17) is 9.47 Å². The molecule has 1 amide bonds. The summed E-state index contributed by atoms with van der Waals surface area (Å²) in [5, 5.41) is 0. The van der Waals surface area contributed by atoms with Gasteiger partial charge in [0.15, 0.2) is 11.5 Å². The highest BCUT2D eigenvalue weighted by Gasteiger charge is 2.31. The zero-order valence-electron chi connectivity index (χ0n) is 19.8. The van der Waals surface area contributed by atoms with Crippen LogP contribution in [0.4, 0.5) is 0 Å². The van der Waals surface area contributed by atoms with Crippen molar-refractivity contribution in [2.24, 2.45) is 0 Å². The molecule has 2 heterocycles. The van der Waals surface area contributed by atoms with Gasteiger partial charge in [0.1, 0.15) is 5.56 Å². The molecule has 0 aliphatic carbocycles. The van der Waals surface area contributed by atoms with E-state index in [9.17, 15) is 18.0 Å². The summed E-state index contributed by atoms with van der Waals surface area (Å²) in [6, 6.07) is 15.3. The van der Waals surface area contributed by atoms with Gasteiger partial charge in [-0.25, -0.2) is 8.42 Å². The van der Waals surface area contributed by atoms with E-state index in [1.807, 2.05) is 31.2 Å². The number of aromatic nitrogens is 1. The van der Waals surface area contributed by atoms with Crippen LogP contribution in [0, 0.1) is 6.92 Å². The maximum absolute atomic E-state index is 13.1. The van der Waals surface area contributed by atoms with Crippen LogP contribution >= 0.6 is 0 Å². The molecule has 2 aromatic carbocycles. The van der Waals surface area contributed by atoms with Crippen LogP contribution in [0.15, 0.2) is 64.3 Å². The first-order valence-electron chi connectivity index (χ1n) is 11.1. The molecule has 3 aromatic rings. The van der Waals surface area contributed by atoms with Crippen molar-refractivity contribution in [3.63, 3.8) is 0 Å². The highest BCUT2D eigenvalue weighted by molar-refractivity contribution is 7.89. The van der Waals surface area contributed by atoms with Gasteiger partial charge in [-0.3, -0.25) is 9.59 Å². The summed E-state index contributed by atoms with van der Waals surface area (Å²) >= 11 is 0. The van der Waals surface area contributed by atoms with Crippen LogP contribution < -0.4 is 15.0 Å². The van der Waals surface area contributed by atoms with Crippen molar-refractivity contribution in [3.05, 3.63) is 76.1 Å². The normalized spacial score (nSPS) is 14.5. The molecule has 0 bridgehead atoms. The summed E-state index contributed by atoms with van der Waals surface area (Å²) in [6.45, 7) is 2.53. The lowest BCUT2D eigenvalue weighted by molar-refractivity contribution is 0.0696. The SMILES string of the molecule is COc1ccc(S(=O)(=O)N2CCN(C(=O)c3ccc(-c4cccc(C)c4)[nH]c3=O)CC2)cc1OC. The van der Waals surface area contributed by atoms with Gasteiger partial charge >= 0.3 is 0 Å². The number of pyridine rings is 1. The predicted octanol–water partition coefficient (Wildman–Crippen LogP) is 2.51. The minimum absolute atomic E-state index is 0.0256. The van der Waals surface area contributed by atoms with Crippen LogP contribution in [0.2, 0.25) is 0 Å². The first kappa shape index (κ1) is 24.5. The molecular weight excluding hydrogens is 470 g/mol. The van der Waals surface area contributed by atoms with Crippen LogP contribution in [-0.2, 0) is 10.0 Å². The van der Waals surface area contributed by atoms with Crippen LogP contribution in [-0.4, -0.2) is 68.9 Å². The van der Waals surface area contributed by atoms with Crippen LogP contribution in [0.3, 0.4) is 0 Å². The number of benzene rings is 2. The molecule has 0 spiro atoms. The molecule has 0 unspecified atom stereocenters. The van der Waals surface area contributed by atoms with Crippen molar-refractivity contribution in [1.29, 1.82) is 0 Å². The maximum atomic E-state index is 13.1. The molecule has 1 aromatic heterocycles. The second-order valence-corrected chi connectivity index (χ2v) is 10.1. The number of carbonyl (C=O) groups is 1. The van der Waals surface area contributed by atoms with Crippen molar-refractivity contribution in [3.8, 4) is 22.8 Å². The number of piperazine rings is 1. The Hall–Kier alpha value is -3.63. The van der Waals surface area contributed by atoms with Gasteiger partial charge in [-0.1, -0.05) is 23.8 Å². The minimum atomic E-state index is -3.79. The Kier molecular flexibility index (Phi) is 6.95. The number of sulfonamides is 1. The third-order valence-corrected chi connectivity index (χ3v) is 7.88. The standard InChI is InChI=1S/C25H27N3O6S/c1-17-5-4-6-18(15-17)21-9-8-20(24(29)26-21)25(30)27-11-13-28(14-12-27)35(31,32)19-7-10-22(33-2)23(16-19)34-3/h4-10,15-16H,11-14H2,1-3H3,(H,26,29). The molecule has 184 valence electrons. The fourth-order valence-corrected chi connectivity index (χ4v) is 5.49. The largest absolute Gasteiger partial charge is 0.493 e. The second kappa shape index (κ2) is 9.93. The zero-order chi connectivity index (χ0) is 25.2. The molecule has 1 N–H and O–H groups in total. The Balaban J connectivity index is 1.47. The molecule has 1 aliphatic rings. The second-order valence-electron chi connectivity index (χ2n) is 8.20. The topological polar surface area (TPSA) is 109 Å². The van der Waals surface area contributed by atoms with Crippen LogP contribution in [0.25, 0.3) is 11.3 Å². The van der Waals surface area contributed by atoms with E-state index >= 15 is 0 Å². The third-order valence-electron chi connectivity index (χ3n) is 5.99. The number of ether oxygens (including phenoxy) is 2. The molecular formula is C25H27N3O6S. The smallest absolute Gasteiger partial charge is 0.261 e. The number of aryl methyl sites for hydroxylation is 1. The van der Waals surface area contributed by atoms with Gasteiger partial charge in [0.05, 0.1) is 19.1 Å². The van der Waals surface area contributed by atoms with E-state index in [2.05, 4.69) is 4.98 Å². The number of carbonyl (C=O) groups excluding carboxylic acids is 1. The molecule has 1 saturated heterocycles. The van der Waals surface area contributed by atoms with Gasteiger partial charge in [0.2, 0.25) is 10.0 Å². The number of nitrogens with one attached hydrogen (secondary N) is 1. The van der Waals surface area contributed by atoms with Crippen molar-refractivity contribution in [2.45, 2.75) is 11.8 Å². The average Bonchev–Trinajstić information content (AvgIpc) is 2.87. The number of aromatic amines is 1. The number of methoxy groups -OCH3 is 2. The van der Waals surface area contributed by atoms with Gasteiger partial charge in [0.25, 0.3) is 11.5 Å². The number of rotatable bonds is 6. The monoisotopic (exact) mass is 497 g/mol. The van der Waals surface area contributed by atoms with Crippen molar-refractivity contribution in [2.75, 3.05) is 40.4 Å². The highest BCUT2D eigenvalue weighted by Crippen LogP contribution is 2.31. The Morgan fingerprint density at radius 3 is 2.26 bits per heavy atom. The van der Waals surface area contributed by atoms with Gasteiger partial charge in [-0.2, -0.15) is 4.31 Å². The molecule has 9 nitrogen and oxygen atoms in total. The number of amides is 1. The Morgan fingerprint density at radius 1 is 0.914 bits per heavy atom. The Morgan fingerprint density at radius 2 is 1.63 bits per heavy atom. The molecule has 0 atom stereocenters. The molecule has 0 radical (unpaired) electrons. The van der Waals surface area contributed by atoms with Gasteiger partial charge in [-0.15, -0.1) is 0 Å². The summed E-state index contributed by atoms with van der Waals surface area (Å²) in [5.41, 5.74) is 2.09. The number of nitrogens with zero attached hydrogens (tertiary/aromatic N) is 2. The molecule has 35 heavy (non-hydrogen) atoms. The van der Waals surface area contributed by atoms with E-state index in [-0.39, 0.29) is 36.6 Å². The molecule has 1 fully saturated rings. The summed E-state index contributed by atoms with van der Waals surface area (Å²) < 4.78 is 38.0. The van der Waals surface area contributed by atoms with E-state index in [0.717, 1.165) is 11.1 Å². The molecule has 1 aliphatic heterocycles. The lowest BCUT2D eigenvalue weighted by Crippen LogP contribution is -2.51. The fourth-order valence-electron chi connectivity index (χ4n) is 4.05. The van der Waals surface area contributed by atoms with Crippen molar-refractivity contribution in [1.82, 2.24) is 14.2 Å². The summed E-state index contributed by atoms with van der Waals surface area (Å²) in [5.74, 6) is 0.321. The van der Waals surface area contributed by atoms with Crippen molar-refractivity contribution >= 4 is 15.9 Å². The Bertz CT molecular complexity index is 1410. The van der Waals surface area contributed by atoms with Crippen LogP contribution in [0.1, 0.15) is 15.9 Å². The maximum Gasteiger partial charge on any atom is 0.261 e. The van der Waals surface area contributed by atoms with E-state index in [0.29, 0.717) is 17.2 Å². The third kappa shape index (κ3) is 4.94. The molecule has 10 heteroatoms.